The molecule has 1 aliphatic rings. The number of benzene rings is 1. The number of aromatic nitrogens is 2. The third-order valence-corrected chi connectivity index (χ3v) is 3.74. The van der Waals surface area contributed by atoms with Gasteiger partial charge in [-0.25, -0.2) is 4.68 Å². The summed E-state index contributed by atoms with van der Waals surface area (Å²) in [6, 6.07) is 10.3. The van der Waals surface area contributed by atoms with Crippen LogP contribution in [0.2, 0.25) is 0 Å². The molecule has 0 atom stereocenters. The van der Waals surface area contributed by atoms with Gasteiger partial charge in [0.1, 0.15) is 0 Å². The van der Waals surface area contributed by atoms with Crippen molar-refractivity contribution in [3.8, 4) is 5.69 Å². The zero-order chi connectivity index (χ0) is 11.8. The van der Waals surface area contributed by atoms with Gasteiger partial charge < -0.3 is 5.73 Å². The maximum Gasteiger partial charge on any atom is 0.0790 e. The van der Waals surface area contributed by atoms with Crippen molar-refractivity contribution in [2.75, 3.05) is 0 Å². The molecule has 17 heavy (non-hydrogen) atoms. The van der Waals surface area contributed by atoms with Gasteiger partial charge in [0, 0.05) is 22.6 Å². The van der Waals surface area contributed by atoms with Crippen molar-refractivity contribution < 1.29 is 0 Å². The van der Waals surface area contributed by atoms with Crippen LogP contribution in [0, 0.1) is 0 Å². The molecule has 1 aromatic carbocycles. The molecule has 1 aliphatic carbocycles. The second-order valence-electron chi connectivity index (χ2n) is 4.40. The van der Waals surface area contributed by atoms with E-state index >= 15 is 0 Å². The normalized spacial score (nSPS) is 15.2. The van der Waals surface area contributed by atoms with Gasteiger partial charge in [-0.2, -0.15) is 5.10 Å². The van der Waals surface area contributed by atoms with Crippen molar-refractivity contribution in [1.29, 1.82) is 0 Å². The van der Waals surface area contributed by atoms with E-state index in [9.17, 15) is 0 Å². The van der Waals surface area contributed by atoms with Crippen molar-refractivity contribution in [2.45, 2.75) is 25.3 Å². The lowest BCUT2D eigenvalue weighted by molar-refractivity contribution is 0.783. The largest absolute Gasteiger partial charge is 0.325 e. The van der Waals surface area contributed by atoms with E-state index in [1.807, 2.05) is 22.9 Å². The molecule has 0 aliphatic heterocycles. The summed E-state index contributed by atoms with van der Waals surface area (Å²) in [6.45, 7) is 0.497. The number of hydrogen-bond acceptors (Lipinski definition) is 2. The second kappa shape index (κ2) is 4.27. The number of nitrogens with zero attached hydrogens (tertiary/aromatic N) is 2. The minimum atomic E-state index is 0.497. The fourth-order valence-electron chi connectivity index (χ4n) is 2.03. The lowest BCUT2D eigenvalue weighted by Gasteiger charge is -2.08. The first-order chi connectivity index (χ1) is 8.29. The van der Waals surface area contributed by atoms with Gasteiger partial charge in [0.25, 0.3) is 0 Å². The summed E-state index contributed by atoms with van der Waals surface area (Å²) in [5, 5.41) is 4.58. The lowest BCUT2D eigenvalue weighted by Crippen LogP contribution is -2.03. The molecular weight excluding hydrogens is 278 g/mol. The van der Waals surface area contributed by atoms with E-state index in [1.54, 1.807) is 0 Å². The standard InChI is InChI=1S/C13H14BrN3/c14-11-3-1-2-4-12(11)17-13(9-5-6-9)7-10(8-15)16-17/h1-4,7,9H,5-6,8,15H2. The van der Waals surface area contributed by atoms with E-state index in [0.717, 1.165) is 15.9 Å². The molecule has 0 bridgehead atoms. The molecule has 1 saturated carbocycles. The Balaban J connectivity index is 2.12. The zero-order valence-corrected chi connectivity index (χ0v) is 11.0. The van der Waals surface area contributed by atoms with E-state index < -0.39 is 0 Å². The van der Waals surface area contributed by atoms with Crippen LogP contribution < -0.4 is 5.73 Å². The van der Waals surface area contributed by atoms with Crippen molar-refractivity contribution in [3.63, 3.8) is 0 Å². The Hall–Kier alpha value is -1.13. The van der Waals surface area contributed by atoms with Crippen LogP contribution in [0.1, 0.15) is 30.1 Å². The molecule has 4 heteroatoms. The van der Waals surface area contributed by atoms with Crippen LogP contribution in [0.3, 0.4) is 0 Å². The molecule has 2 N–H and O–H groups in total. The first-order valence-electron chi connectivity index (χ1n) is 5.83. The molecule has 0 unspecified atom stereocenters. The SMILES string of the molecule is NCc1cc(C2CC2)n(-c2ccccc2Br)n1. The van der Waals surface area contributed by atoms with Gasteiger partial charge in [-0.15, -0.1) is 0 Å². The van der Waals surface area contributed by atoms with Gasteiger partial charge in [0.15, 0.2) is 0 Å². The Morgan fingerprint density at radius 3 is 2.76 bits per heavy atom. The van der Waals surface area contributed by atoms with Crippen LogP contribution in [0.4, 0.5) is 0 Å². The van der Waals surface area contributed by atoms with Crippen molar-refractivity contribution >= 4 is 15.9 Å². The topological polar surface area (TPSA) is 43.8 Å². The van der Waals surface area contributed by atoms with E-state index in [0.29, 0.717) is 12.5 Å². The Kier molecular flexibility index (Phi) is 2.76. The van der Waals surface area contributed by atoms with Crippen LogP contribution in [0.5, 0.6) is 0 Å². The van der Waals surface area contributed by atoms with Gasteiger partial charge >= 0.3 is 0 Å². The summed E-state index contributed by atoms with van der Waals surface area (Å²) in [7, 11) is 0. The molecule has 1 aromatic heterocycles. The van der Waals surface area contributed by atoms with Gasteiger partial charge in [0.2, 0.25) is 0 Å². The Morgan fingerprint density at radius 2 is 2.12 bits per heavy atom. The highest BCUT2D eigenvalue weighted by atomic mass is 79.9. The van der Waals surface area contributed by atoms with Gasteiger partial charge in [-0.3, -0.25) is 0 Å². The Morgan fingerprint density at radius 1 is 1.35 bits per heavy atom. The van der Waals surface area contributed by atoms with Crippen LogP contribution in [0.25, 0.3) is 5.69 Å². The number of halogens is 1. The van der Waals surface area contributed by atoms with Gasteiger partial charge in [0.05, 0.1) is 11.4 Å². The van der Waals surface area contributed by atoms with E-state index in [2.05, 4.69) is 33.2 Å². The van der Waals surface area contributed by atoms with E-state index in [1.165, 1.54) is 18.5 Å². The first kappa shape index (κ1) is 11.0. The molecule has 0 radical (unpaired) electrons. The monoisotopic (exact) mass is 291 g/mol. The second-order valence-corrected chi connectivity index (χ2v) is 5.26. The molecule has 88 valence electrons. The summed E-state index contributed by atoms with van der Waals surface area (Å²) in [4.78, 5) is 0. The predicted octanol–water partition coefficient (Wildman–Crippen LogP) is 2.97. The third-order valence-electron chi connectivity index (χ3n) is 3.07. The maximum absolute atomic E-state index is 5.68. The smallest absolute Gasteiger partial charge is 0.0790 e. The van der Waals surface area contributed by atoms with Crippen molar-refractivity contribution in [1.82, 2.24) is 9.78 Å². The Bertz CT molecular complexity index is 543. The van der Waals surface area contributed by atoms with Crippen LogP contribution in [0.15, 0.2) is 34.8 Å². The van der Waals surface area contributed by atoms with E-state index in [-0.39, 0.29) is 0 Å². The van der Waals surface area contributed by atoms with Crippen molar-refractivity contribution in [3.05, 3.63) is 46.2 Å². The number of rotatable bonds is 3. The molecule has 3 nitrogen and oxygen atoms in total. The zero-order valence-electron chi connectivity index (χ0n) is 9.44. The molecular formula is C13H14BrN3. The van der Waals surface area contributed by atoms with Gasteiger partial charge in [-0.1, -0.05) is 12.1 Å². The van der Waals surface area contributed by atoms with Crippen molar-refractivity contribution in [2.24, 2.45) is 5.73 Å². The highest BCUT2D eigenvalue weighted by Crippen LogP contribution is 2.41. The molecule has 1 fully saturated rings. The predicted molar refractivity (Wildman–Crippen MR) is 71.1 cm³/mol. The van der Waals surface area contributed by atoms with Gasteiger partial charge in [-0.05, 0) is 47.0 Å². The molecule has 0 saturated heterocycles. The number of nitrogens with two attached hydrogens (primary N) is 1. The Labute approximate surface area is 109 Å². The minimum Gasteiger partial charge on any atom is -0.325 e. The summed E-state index contributed by atoms with van der Waals surface area (Å²) in [5.41, 5.74) is 9.02. The average molecular weight is 292 g/mol. The molecule has 0 amide bonds. The quantitative estimate of drug-likeness (QED) is 0.945. The van der Waals surface area contributed by atoms with Crippen LogP contribution in [-0.4, -0.2) is 9.78 Å². The summed E-state index contributed by atoms with van der Waals surface area (Å²) >= 11 is 3.58. The lowest BCUT2D eigenvalue weighted by atomic mass is 10.2. The molecule has 2 aromatic rings. The number of hydrogen-bond donors (Lipinski definition) is 1. The highest BCUT2D eigenvalue weighted by molar-refractivity contribution is 9.10. The van der Waals surface area contributed by atoms with Crippen LogP contribution in [-0.2, 0) is 6.54 Å². The summed E-state index contributed by atoms with van der Waals surface area (Å²) in [6.07, 6.45) is 2.53. The highest BCUT2D eigenvalue weighted by Gasteiger charge is 2.28. The summed E-state index contributed by atoms with van der Waals surface area (Å²) < 4.78 is 3.10. The third kappa shape index (κ3) is 2.03. The molecule has 3 rings (SSSR count). The first-order valence-corrected chi connectivity index (χ1v) is 6.62. The maximum atomic E-state index is 5.68. The van der Waals surface area contributed by atoms with E-state index in [4.69, 9.17) is 5.73 Å². The minimum absolute atomic E-state index is 0.497. The molecule has 0 spiro atoms. The molecule has 1 heterocycles. The number of para-hydroxylation sites is 1. The fourth-order valence-corrected chi connectivity index (χ4v) is 2.49. The van der Waals surface area contributed by atoms with Crippen LogP contribution >= 0.6 is 15.9 Å². The average Bonchev–Trinajstić information content (AvgIpc) is 3.10. The fraction of sp³-hybridized carbons (Fsp3) is 0.308. The summed E-state index contributed by atoms with van der Waals surface area (Å²) in [5.74, 6) is 0.662.